The van der Waals surface area contributed by atoms with Crippen LogP contribution in [0.4, 0.5) is 5.69 Å². The number of rotatable bonds is 0. The van der Waals surface area contributed by atoms with Crippen molar-refractivity contribution in [2.45, 2.75) is 18.6 Å². The predicted molar refractivity (Wildman–Crippen MR) is 63.8 cm³/mol. The van der Waals surface area contributed by atoms with Crippen LogP contribution in [0.2, 0.25) is 0 Å². The molecule has 1 aromatic carbocycles. The fourth-order valence-corrected chi connectivity index (χ4v) is 2.93. The Morgan fingerprint density at radius 2 is 2.12 bits per heavy atom. The Morgan fingerprint density at radius 3 is 3.12 bits per heavy atom. The minimum absolute atomic E-state index is 0.448. The molecule has 3 heterocycles. The quantitative estimate of drug-likeness (QED) is 0.593. The lowest BCUT2D eigenvalue weighted by Crippen LogP contribution is -2.35. The van der Waals surface area contributed by atoms with E-state index in [0.29, 0.717) is 12.2 Å². The van der Waals surface area contributed by atoms with E-state index >= 15 is 0 Å². The monoisotopic (exact) mass is 209 g/mol. The molecule has 0 radical (unpaired) electrons. The first kappa shape index (κ1) is 8.34. The van der Waals surface area contributed by atoms with Crippen molar-refractivity contribution >= 4 is 11.9 Å². The van der Waals surface area contributed by atoms with E-state index < -0.39 is 0 Å². The van der Waals surface area contributed by atoms with Crippen molar-refractivity contribution in [1.29, 1.82) is 0 Å². The summed E-state index contributed by atoms with van der Waals surface area (Å²) in [7, 11) is 0. The van der Waals surface area contributed by atoms with Gasteiger partial charge in [0.15, 0.2) is 6.21 Å². The van der Waals surface area contributed by atoms with Crippen molar-refractivity contribution in [3.05, 3.63) is 54.3 Å². The topological polar surface area (TPSA) is 6.25 Å². The number of hydrogen-bond acceptors (Lipinski definition) is 1. The molecule has 0 saturated heterocycles. The van der Waals surface area contributed by atoms with Gasteiger partial charge in [-0.05, 0) is 6.08 Å². The number of fused-ring (bicyclic) bond motifs is 5. The maximum Gasteiger partial charge on any atom is 0.238 e. The molecular formula is C14H13N2+. The highest BCUT2D eigenvalue weighted by Gasteiger charge is 2.45. The van der Waals surface area contributed by atoms with Crippen LogP contribution in [-0.4, -0.2) is 27.9 Å². The van der Waals surface area contributed by atoms with Crippen molar-refractivity contribution in [3.63, 3.8) is 0 Å². The molecule has 2 unspecified atom stereocenters. The number of para-hydroxylation sites is 1. The highest BCUT2D eigenvalue weighted by Crippen LogP contribution is 2.35. The van der Waals surface area contributed by atoms with Crippen LogP contribution in [0.3, 0.4) is 0 Å². The van der Waals surface area contributed by atoms with Crippen LogP contribution in [0.25, 0.3) is 0 Å². The lowest BCUT2D eigenvalue weighted by Gasteiger charge is -2.22. The van der Waals surface area contributed by atoms with Crippen LogP contribution in [0, 0.1) is 0 Å². The molecule has 0 saturated carbocycles. The lowest BCUT2D eigenvalue weighted by atomic mass is 10.1. The second kappa shape index (κ2) is 2.85. The van der Waals surface area contributed by atoms with Gasteiger partial charge in [-0.15, -0.1) is 0 Å². The molecule has 2 heteroatoms. The summed E-state index contributed by atoms with van der Waals surface area (Å²) >= 11 is 0. The first-order valence-electron chi connectivity index (χ1n) is 5.77. The molecule has 0 fully saturated rings. The Morgan fingerprint density at radius 1 is 1.19 bits per heavy atom. The maximum absolute atomic E-state index is 2.43. The molecule has 0 bridgehead atoms. The fourth-order valence-electron chi connectivity index (χ4n) is 2.93. The zero-order valence-corrected chi connectivity index (χ0v) is 8.95. The van der Waals surface area contributed by atoms with E-state index in [4.69, 9.17) is 0 Å². The molecule has 0 aromatic heterocycles. The number of benzene rings is 1. The van der Waals surface area contributed by atoms with Crippen LogP contribution in [-0.2, 0) is 6.42 Å². The predicted octanol–water partition coefficient (Wildman–Crippen LogP) is 2.05. The SMILES string of the molecule is C1=CC2C=[N+]3c4ccccc4CC3N2C=C1. The average Bonchev–Trinajstić information content (AvgIpc) is 2.85. The summed E-state index contributed by atoms with van der Waals surface area (Å²) in [5, 5.41) is 0. The zero-order chi connectivity index (χ0) is 10.5. The minimum atomic E-state index is 0.448. The molecule has 0 spiro atoms. The van der Waals surface area contributed by atoms with Gasteiger partial charge in [-0.25, -0.2) is 0 Å². The maximum atomic E-state index is 2.43. The number of nitrogens with zero attached hydrogens (tertiary/aromatic N) is 2. The molecule has 0 amide bonds. The second-order valence-corrected chi connectivity index (χ2v) is 4.53. The highest BCUT2D eigenvalue weighted by molar-refractivity contribution is 5.68. The van der Waals surface area contributed by atoms with Gasteiger partial charge in [0.1, 0.15) is 6.04 Å². The van der Waals surface area contributed by atoms with Gasteiger partial charge in [0.2, 0.25) is 11.9 Å². The average molecular weight is 209 g/mol. The first-order valence-corrected chi connectivity index (χ1v) is 5.77. The third-order valence-corrected chi connectivity index (χ3v) is 3.67. The largest absolute Gasteiger partial charge is 0.305 e. The molecule has 1 aromatic rings. The van der Waals surface area contributed by atoms with Crippen LogP contribution in [0.1, 0.15) is 5.56 Å². The van der Waals surface area contributed by atoms with Crippen LogP contribution >= 0.6 is 0 Å². The summed E-state index contributed by atoms with van der Waals surface area (Å²) in [6.07, 6.45) is 12.7. The number of hydrogen-bond donors (Lipinski definition) is 0. The van der Waals surface area contributed by atoms with Crippen molar-refractivity contribution in [2.24, 2.45) is 0 Å². The Balaban J connectivity index is 1.86. The molecule has 3 aliphatic heterocycles. The zero-order valence-electron chi connectivity index (χ0n) is 8.95. The van der Waals surface area contributed by atoms with E-state index in [0.717, 1.165) is 6.42 Å². The van der Waals surface area contributed by atoms with Gasteiger partial charge < -0.3 is 4.90 Å². The Kier molecular flexibility index (Phi) is 1.48. The first-order chi connectivity index (χ1) is 7.93. The standard InChI is InChI=1S/C14H13N2/c1-2-7-13-11(5-1)9-14-15-8-4-3-6-12(15)10-16(13)14/h1-8,10,12,14H,9H2/q+1. The molecular weight excluding hydrogens is 196 g/mol. The summed E-state index contributed by atoms with van der Waals surface area (Å²) in [4.78, 5) is 2.43. The summed E-state index contributed by atoms with van der Waals surface area (Å²) in [6.45, 7) is 0. The lowest BCUT2D eigenvalue weighted by molar-refractivity contribution is -0.481. The van der Waals surface area contributed by atoms with E-state index in [9.17, 15) is 0 Å². The summed E-state index contributed by atoms with van der Waals surface area (Å²) < 4.78 is 2.42. The minimum Gasteiger partial charge on any atom is -0.305 e. The van der Waals surface area contributed by atoms with E-state index in [2.05, 4.69) is 64.4 Å². The smallest absolute Gasteiger partial charge is 0.238 e. The van der Waals surface area contributed by atoms with Crippen LogP contribution in [0.15, 0.2) is 48.7 Å². The highest BCUT2D eigenvalue weighted by atomic mass is 15.4. The van der Waals surface area contributed by atoms with Crippen molar-refractivity contribution in [3.8, 4) is 0 Å². The van der Waals surface area contributed by atoms with Gasteiger partial charge in [0, 0.05) is 17.8 Å². The van der Waals surface area contributed by atoms with Gasteiger partial charge in [-0.1, -0.05) is 30.4 Å². The van der Waals surface area contributed by atoms with Gasteiger partial charge in [-0.3, -0.25) is 0 Å². The van der Waals surface area contributed by atoms with Gasteiger partial charge in [0.25, 0.3) is 0 Å². The summed E-state index contributed by atoms with van der Waals surface area (Å²) in [6, 6.07) is 9.16. The summed E-state index contributed by atoms with van der Waals surface area (Å²) in [5.41, 5.74) is 2.84. The third kappa shape index (κ3) is 0.941. The van der Waals surface area contributed by atoms with Crippen molar-refractivity contribution in [1.82, 2.24) is 4.90 Å². The van der Waals surface area contributed by atoms with Gasteiger partial charge in [-0.2, -0.15) is 4.58 Å². The molecule has 4 rings (SSSR count). The molecule has 2 nitrogen and oxygen atoms in total. The van der Waals surface area contributed by atoms with E-state index in [1.807, 2.05) is 0 Å². The van der Waals surface area contributed by atoms with Gasteiger partial charge >= 0.3 is 0 Å². The fraction of sp³-hybridized carbons (Fsp3) is 0.214. The Bertz CT molecular complexity index is 539. The Labute approximate surface area is 94.8 Å². The van der Waals surface area contributed by atoms with E-state index in [1.165, 1.54) is 11.3 Å². The van der Waals surface area contributed by atoms with Crippen molar-refractivity contribution in [2.75, 3.05) is 0 Å². The number of allylic oxidation sites excluding steroid dienone is 2. The van der Waals surface area contributed by atoms with E-state index in [1.54, 1.807) is 0 Å². The molecule has 0 aliphatic carbocycles. The molecule has 78 valence electrons. The molecule has 2 atom stereocenters. The molecule has 0 N–H and O–H groups in total. The third-order valence-electron chi connectivity index (χ3n) is 3.67. The Hall–Kier alpha value is -1.83. The van der Waals surface area contributed by atoms with E-state index in [-0.39, 0.29) is 0 Å². The second-order valence-electron chi connectivity index (χ2n) is 4.53. The van der Waals surface area contributed by atoms with Crippen molar-refractivity contribution < 1.29 is 4.58 Å². The molecule has 3 aliphatic rings. The van der Waals surface area contributed by atoms with Crippen LogP contribution < -0.4 is 0 Å². The van der Waals surface area contributed by atoms with Crippen LogP contribution in [0.5, 0.6) is 0 Å². The normalized spacial score (nSPS) is 28.8. The summed E-state index contributed by atoms with van der Waals surface area (Å²) in [5.74, 6) is 0. The van der Waals surface area contributed by atoms with Gasteiger partial charge in [0.05, 0.1) is 6.42 Å². The molecule has 16 heavy (non-hydrogen) atoms.